The maximum atomic E-state index is 12.8. The molecule has 1 fully saturated rings. The van der Waals surface area contributed by atoms with E-state index in [0.717, 1.165) is 51.4 Å². The average molecular weight is 456 g/mol. The van der Waals surface area contributed by atoms with Gasteiger partial charge in [-0.25, -0.2) is 19.7 Å². The second-order valence-corrected chi connectivity index (χ2v) is 8.75. The van der Waals surface area contributed by atoms with E-state index in [1.165, 1.54) is 11.3 Å². The number of nitrogens with one attached hydrogen (secondary N) is 2. The number of aromatic nitrogens is 3. The van der Waals surface area contributed by atoms with Crippen molar-refractivity contribution < 1.29 is 4.79 Å². The number of nitrogens with zero attached hydrogens (tertiary/aromatic N) is 5. The third-order valence-corrected chi connectivity index (χ3v) is 6.63. The summed E-state index contributed by atoms with van der Waals surface area (Å²) in [6, 6.07) is 15.4. The molecule has 0 radical (unpaired) electrons. The average Bonchev–Trinajstić information content (AvgIpc) is 3.28. The molecule has 164 valence electrons. The lowest BCUT2D eigenvalue weighted by Gasteiger charge is -2.26. The molecule has 2 N–H and O–H groups in total. The van der Waals surface area contributed by atoms with Gasteiger partial charge in [0.25, 0.3) is 0 Å². The number of carbonyl (C=O) groups excluding carboxylic acids is 1. The van der Waals surface area contributed by atoms with Crippen molar-refractivity contribution in [3.63, 3.8) is 0 Å². The van der Waals surface area contributed by atoms with Crippen molar-refractivity contribution in [2.75, 3.05) is 31.5 Å². The number of benzene rings is 2. The van der Waals surface area contributed by atoms with Crippen molar-refractivity contribution in [1.29, 1.82) is 5.26 Å². The van der Waals surface area contributed by atoms with Crippen molar-refractivity contribution in [2.24, 2.45) is 0 Å². The van der Waals surface area contributed by atoms with E-state index in [4.69, 9.17) is 4.98 Å². The highest BCUT2D eigenvalue weighted by atomic mass is 32.1. The van der Waals surface area contributed by atoms with Gasteiger partial charge in [0, 0.05) is 42.8 Å². The van der Waals surface area contributed by atoms with Gasteiger partial charge in [-0.2, -0.15) is 5.26 Å². The molecule has 2 aromatic carbocycles. The zero-order valence-corrected chi connectivity index (χ0v) is 18.8. The molecule has 9 heteroatoms. The Morgan fingerprint density at radius 3 is 2.82 bits per heavy atom. The van der Waals surface area contributed by atoms with Gasteiger partial charge in [0.2, 0.25) is 0 Å². The molecule has 0 atom stereocenters. The summed E-state index contributed by atoms with van der Waals surface area (Å²) in [5, 5.41) is 17.1. The maximum Gasteiger partial charge on any atom is 0.323 e. The Morgan fingerprint density at radius 2 is 2.00 bits per heavy atom. The van der Waals surface area contributed by atoms with E-state index in [1.54, 1.807) is 17.3 Å². The molecule has 33 heavy (non-hydrogen) atoms. The first-order valence-corrected chi connectivity index (χ1v) is 11.4. The lowest BCUT2D eigenvalue weighted by molar-refractivity contribution is 0.204. The maximum absolute atomic E-state index is 12.8. The molecule has 2 amide bonds. The largest absolute Gasteiger partial charge is 0.323 e. The number of piperazine rings is 1. The number of hydrogen-bond donors (Lipinski definition) is 2. The van der Waals surface area contributed by atoms with Gasteiger partial charge in [0.05, 0.1) is 27.7 Å². The first-order valence-electron chi connectivity index (χ1n) is 10.6. The summed E-state index contributed by atoms with van der Waals surface area (Å²) in [6.45, 7) is 4.83. The molecule has 8 nitrogen and oxygen atoms in total. The fraction of sp³-hybridized carbons (Fsp3) is 0.208. The number of carbonyl (C=O) groups is 1. The molecule has 1 saturated heterocycles. The summed E-state index contributed by atoms with van der Waals surface area (Å²) in [7, 11) is 0. The topological polar surface area (TPSA) is 107 Å². The normalized spacial score (nSPS) is 13.6. The molecule has 1 aliphatic rings. The van der Waals surface area contributed by atoms with Crippen LogP contribution in [0.5, 0.6) is 0 Å². The predicted octanol–water partition coefficient (Wildman–Crippen LogP) is 4.04. The van der Waals surface area contributed by atoms with Crippen LogP contribution < -0.4 is 10.6 Å². The molecule has 4 aromatic rings. The van der Waals surface area contributed by atoms with Gasteiger partial charge in [0.15, 0.2) is 5.13 Å². The van der Waals surface area contributed by atoms with Crippen LogP contribution in [0.1, 0.15) is 11.3 Å². The summed E-state index contributed by atoms with van der Waals surface area (Å²) in [5.41, 5.74) is 4.83. The van der Waals surface area contributed by atoms with E-state index in [9.17, 15) is 10.1 Å². The minimum atomic E-state index is -0.156. The zero-order valence-electron chi connectivity index (χ0n) is 18.0. The monoisotopic (exact) mass is 455 g/mol. The molecule has 2 aromatic heterocycles. The van der Waals surface area contributed by atoms with Gasteiger partial charge < -0.3 is 10.2 Å². The number of hydrogen-bond acceptors (Lipinski definition) is 7. The molecule has 0 spiro atoms. The Morgan fingerprint density at radius 1 is 1.15 bits per heavy atom. The summed E-state index contributed by atoms with van der Waals surface area (Å²) >= 11 is 1.42. The number of urea groups is 1. The Bertz CT molecular complexity index is 1390. The van der Waals surface area contributed by atoms with Gasteiger partial charge in [0.1, 0.15) is 6.33 Å². The quantitative estimate of drug-likeness (QED) is 0.483. The number of rotatable bonds is 3. The smallest absolute Gasteiger partial charge is 0.322 e. The minimum absolute atomic E-state index is 0.156. The van der Waals surface area contributed by atoms with Gasteiger partial charge >= 0.3 is 6.03 Å². The Labute approximate surface area is 194 Å². The van der Waals surface area contributed by atoms with Crippen LogP contribution in [-0.2, 0) is 0 Å². The molecule has 0 aliphatic carbocycles. The second kappa shape index (κ2) is 8.94. The van der Waals surface area contributed by atoms with Gasteiger partial charge in [-0.1, -0.05) is 29.5 Å². The Hall–Kier alpha value is -3.87. The number of aryl methyl sites for hydroxylation is 1. The highest BCUT2D eigenvalue weighted by Crippen LogP contribution is 2.40. The fourth-order valence-electron chi connectivity index (χ4n) is 3.87. The number of nitriles is 1. The fourth-order valence-corrected chi connectivity index (χ4v) is 4.84. The molecule has 3 heterocycles. The molecule has 0 saturated carbocycles. The van der Waals surface area contributed by atoms with Crippen molar-refractivity contribution >= 4 is 33.4 Å². The number of thiazole rings is 1. The third kappa shape index (κ3) is 4.26. The summed E-state index contributed by atoms with van der Waals surface area (Å²) < 4.78 is 0. The standard InChI is InChI=1S/C24H21N7OS/c1-15-19-12-18(5-6-20(19)28-14-27-15)22-21(17-4-2-3-16(11-17)13-25)29-23(33-22)30-24(32)31-9-7-26-8-10-31/h2-6,11-12,14,26H,7-10H2,1H3,(H,29,30,32). The molecule has 0 unspecified atom stereocenters. The third-order valence-electron chi connectivity index (χ3n) is 5.61. The van der Waals surface area contributed by atoms with Crippen LogP contribution >= 0.6 is 11.3 Å². The van der Waals surface area contributed by atoms with Crippen LogP contribution in [0.4, 0.5) is 9.93 Å². The molecule has 0 bridgehead atoms. The second-order valence-electron chi connectivity index (χ2n) is 7.75. The first-order chi connectivity index (χ1) is 16.1. The van der Waals surface area contributed by atoms with Gasteiger partial charge in [-0.05, 0) is 36.8 Å². The van der Waals surface area contributed by atoms with Crippen molar-refractivity contribution in [3.8, 4) is 27.8 Å². The van der Waals surface area contributed by atoms with Crippen molar-refractivity contribution in [2.45, 2.75) is 6.92 Å². The molecule has 5 rings (SSSR count). The molecular weight excluding hydrogens is 434 g/mol. The van der Waals surface area contributed by atoms with Gasteiger partial charge in [-0.3, -0.25) is 5.32 Å². The lowest BCUT2D eigenvalue weighted by Crippen LogP contribution is -2.48. The van der Waals surface area contributed by atoms with Crippen molar-refractivity contribution in [1.82, 2.24) is 25.2 Å². The predicted molar refractivity (Wildman–Crippen MR) is 129 cm³/mol. The summed E-state index contributed by atoms with van der Waals surface area (Å²) in [4.78, 5) is 28.9. The Kier molecular flexibility index (Phi) is 5.69. The number of fused-ring (bicyclic) bond motifs is 1. The Balaban J connectivity index is 1.58. The SMILES string of the molecule is Cc1ncnc2ccc(-c3sc(NC(=O)N4CCNCC4)nc3-c3cccc(C#N)c3)cc12. The molecular formula is C24H21N7OS. The van der Waals surface area contributed by atoms with E-state index in [1.807, 2.05) is 37.3 Å². The van der Waals surface area contributed by atoms with E-state index < -0.39 is 0 Å². The first kappa shape index (κ1) is 21.0. The zero-order chi connectivity index (χ0) is 22.8. The van der Waals surface area contributed by atoms with Gasteiger partial charge in [-0.15, -0.1) is 0 Å². The highest BCUT2D eigenvalue weighted by Gasteiger charge is 2.21. The van der Waals surface area contributed by atoms with E-state index in [0.29, 0.717) is 23.8 Å². The number of amides is 2. The van der Waals surface area contributed by atoms with E-state index >= 15 is 0 Å². The lowest BCUT2D eigenvalue weighted by atomic mass is 10.0. The minimum Gasteiger partial charge on any atom is -0.322 e. The van der Waals surface area contributed by atoms with Crippen LogP contribution in [0.2, 0.25) is 0 Å². The summed E-state index contributed by atoms with van der Waals surface area (Å²) in [6.07, 6.45) is 1.56. The van der Waals surface area contributed by atoms with Crippen LogP contribution in [-0.4, -0.2) is 52.1 Å². The molecule has 1 aliphatic heterocycles. The van der Waals surface area contributed by atoms with Crippen molar-refractivity contribution in [3.05, 3.63) is 60.0 Å². The van der Waals surface area contributed by atoms with Crippen LogP contribution in [0.15, 0.2) is 48.8 Å². The van der Waals surface area contributed by atoms with Crippen LogP contribution in [0.25, 0.3) is 32.6 Å². The van der Waals surface area contributed by atoms with Crippen LogP contribution in [0, 0.1) is 18.3 Å². The summed E-state index contributed by atoms with van der Waals surface area (Å²) in [5.74, 6) is 0. The number of anilines is 1. The van der Waals surface area contributed by atoms with Crippen LogP contribution in [0.3, 0.4) is 0 Å². The van der Waals surface area contributed by atoms with E-state index in [2.05, 4.69) is 32.7 Å². The highest BCUT2D eigenvalue weighted by molar-refractivity contribution is 7.19. The van der Waals surface area contributed by atoms with E-state index in [-0.39, 0.29) is 6.03 Å².